The molecule has 2 aromatic rings. The van der Waals surface area contributed by atoms with Crippen LogP contribution in [0, 0.1) is 6.92 Å². The standard InChI is InChI=1S/C15H16N2O2S/c1-9(2)20-15-16-12(10(3)14(19)17-15)13(18)11-7-5-4-6-8-11/h4-9H,1-3H3,(H,16,17,19). The minimum atomic E-state index is -0.262. The maximum atomic E-state index is 12.4. The number of aromatic amines is 1. The number of H-pyrrole nitrogens is 1. The summed E-state index contributed by atoms with van der Waals surface area (Å²) in [5.41, 5.74) is 0.853. The fraction of sp³-hybridized carbons (Fsp3) is 0.267. The Morgan fingerprint density at radius 1 is 1.25 bits per heavy atom. The number of nitrogens with one attached hydrogen (secondary N) is 1. The van der Waals surface area contributed by atoms with Gasteiger partial charge in [-0.05, 0) is 6.92 Å². The van der Waals surface area contributed by atoms with Crippen LogP contribution in [0.2, 0.25) is 0 Å². The zero-order valence-corrected chi connectivity index (χ0v) is 12.5. The number of ketones is 1. The topological polar surface area (TPSA) is 62.8 Å². The van der Waals surface area contributed by atoms with E-state index in [-0.39, 0.29) is 22.3 Å². The van der Waals surface area contributed by atoms with Gasteiger partial charge >= 0.3 is 0 Å². The van der Waals surface area contributed by atoms with Crippen molar-refractivity contribution in [2.75, 3.05) is 0 Å². The molecule has 0 spiro atoms. The van der Waals surface area contributed by atoms with Crippen LogP contribution in [0.1, 0.15) is 35.5 Å². The SMILES string of the molecule is Cc1c(C(=O)c2ccccc2)nc(SC(C)C)[nH]c1=O. The van der Waals surface area contributed by atoms with E-state index in [0.29, 0.717) is 16.3 Å². The first-order chi connectivity index (χ1) is 9.49. The lowest BCUT2D eigenvalue weighted by molar-refractivity contribution is 0.103. The maximum Gasteiger partial charge on any atom is 0.255 e. The molecule has 1 aromatic heterocycles. The Kier molecular flexibility index (Phi) is 4.39. The van der Waals surface area contributed by atoms with E-state index in [2.05, 4.69) is 9.97 Å². The van der Waals surface area contributed by atoms with E-state index in [0.717, 1.165) is 0 Å². The number of thioether (sulfide) groups is 1. The first kappa shape index (κ1) is 14.5. The van der Waals surface area contributed by atoms with E-state index in [1.54, 1.807) is 31.2 Å². The van der Waals surface area contributed by atoms with Gasteiger partial charge < -0.3 is 4.98 Å². The first-order valence-corrected chi connectivity index (χ1v) is 7.24. The molecule has 0 aliphatic rings. The molecule has 4 nitrogen and oxygen atoms in total. The average molecular weight is 288 g/mol. The second kappa shape index (κ2) is 6.05. The first-order valence-electron chi connectivity index (χ1n) is 6.36. The normalized spacial score (nSPS) is 10.8. The molecule has 20 heavy (non-hydrogen) atoms. The fourth-order valence-electron chi connectivity index (χ4n) is 1.74. The molecule has 104 valence electrons. The monoisotopic (exact) mass is 288 g/mol. The third-order valence-electron chi connectivity index (χ3n) is 2.73. The minimum Gasteiger partial charge on any atom is -0.301 e. The lowest BCUT2D eigenvalue weighted by Gasteiger charge is -2.08. The Balaban J connectivity index is 2.48. The largest absolute Gasteiger partial charge is 0.301 e. The summed E-state index contributed by atoms with van der Waals surface area (Å²) in [5.74, 6) is -0.222. The van der Waals surface area contributed by atoms with Gasteiger partial charge in [-0.25, -0.2) is 4.98 Å². The highest BCUT2D eigenvalue weighted by molar-refractivity contribution is 7.99. The van der Waals surface area contributed by atoms with E-state index in [4.69, 9.17) is 0 Å². The molecule has 1 heterocycles. The zero-order chi connectivity index (χ0) is 14.7. The zero-order valence-electron chi connectivity index (χ0n) is 11.6. The molecule has 0 amide bonds. The lowest BCUT2D eigenvalue weighted by atomic mass is 10.1. The van der Waals surface area contributed by atoms with Crippen LogP contribution in [0.3, 0.4) is 0 Å². The average Bonchev–Trinajstić information content (AvgIpc) is 2.42. The van der Waals surface area contributed by atoms with Crippen molar-refractivity contribution in [2.45, 2.75) is 31.2 Å². The van der Waals surface area contributed by atoms with Crippen LogP contribution in [0.25, 0.3) is 0 Å². The Labute approximate surface area is 121 Å². The summed E-state index contributed by atoms with van der Waals surface area (Å²) in [6, 6.07) is 8.87. The Hall–Kier alpha value is -1.88. The van der Waals surface area contributed by atoms with Gasteiger partial charge in [-0.15, -0.1) is 0 Å². The van der Waals surface area contributed by atoms with Crippen molar-refractivity contribution in [3.8, 4) is 0 Å². The molecular weight excluding hydrogens is 272 g/mol. The molecule has 1 aromatic carbocycles. The molecule has 0 saturated heterocycles. The summed E-state index contributed by atoms with van der Waals surface area (Å²) in [5, 5.41) is 0.760. The van der Waals surface area contributed by atoms with E-state index in [1.165, 1.54) is 11.8 Å². The van der Waals surface area contributed by atoms with Gasteiger partial charge in [0, 0.05) is 16.4 Å². The fourth-order valence-corrected chi connectivity index (χ4v) is 2.48. The van der Waals surface area contributed by atoms with Crippen LogP contribution in [-0.2, 0) is 0 Å². The number of benzene rings is 1. The van der Waals surface area contributed by atoms with Gasteiger partial charge in [-0.3, -0.25) is 9.59 Å². The number of nitrogens with zero attached hydrogens (tertiary/aromatic N) is 1. The molecule has 0 saturated carbocycles. The molecule has 0 bridgehead atoms. The Morgan fingerprint density at radius 3 is 2.50 bits per heavy atom. The van der Waals surface area contributed by atoms with E-state index in [9.17, 15) is 9.59 Å². The second-order valence-electron chi connectivity index (χ2n) is 4.71. The second-order valence-corrected chi connectivity index (χ2v) is 6.27. The molecule has 2 rings (SSSR count). The van der Waals surface area contributed by atoms with E-state index >= 15 is 0 Å². The highest BCUT2D eigenvalue weighted by Crippen LogP contribution is 2.19. The number of carbonyl (C=O) groups is 1. The molecule has 5 heteroatoms. The van der Waals surface area contributed by atoms with Gasteiger partial charge in [0.05, 0.1) is 0 Å². The molecule has 0 atom stereocenters. The van der Waals surface area contributed by atoms with Gasteiger partial charge in [0.2, 0.25) is 5.78 Å². The molecule has 1 N–H and O–H groups in total. The number of hydrogen-bond donors (Lipinski definition) is 1. The summed E-state index contributed by atoms with van der Waals surface area (Å²) in [7, 11) is 0. The van der Waals surface area contributed by atoms with Crippen molar-refractivity contribution in [3.05, 3.63) is 57.5 Å². The van der Waals surface area contributed by atoms with Crippen LogP contribution in [0.5, 0.6) is 0 Å². The summed E-state index contributed by atoms with van der Waals surface area (Å²) >= 11 is 1.43. The smallest absolute Gasteiger partial charge is 0.255 e. The third-order valence-corrected chi connectivity index (χ3v) is 3.62. The van der Waals surface area contributed by atoms with Crippen LogP contribution in [-0.4, -0.2) is 21.0 Å². The van der Waals surface area contributed by atoms with Gasteiger partial charge in [0.25, 0.3) is 5.56 Å². The number of rotatable bonds is 4. The highest BCUT2D eigenvalue weighted by atomic mass is 32.2. The van der Waals surface area contributed by atoms with E-state index < -0.39 is 0 Å². The van der Waals surface area contributed by atoms with Crippen LogP contribution < -0.4 is 5.56 Å². The highest BCUT2D eigenvalue weighted by Gasteiger charge is 2.17. The van der Waals surface area contributed by atoms with Crippen molar-refractivity contribution in [2.24, 2.45) is 0 Å². The Morgan fingerprint density at radius 2 is 1.90 bits per heavy atom. The van der Waals surface area contributed by atoms with Gasteiger partial charge in [-0.1, -0.05) is 55.9 Å². The van der Waals surface area contributed by atoms with Crippen LogP contribution in [0.4, 0.5) is 0 Å². The third kappa shape index (κ3) is 3.17. The van der Waals surface area contributed by atoms with Gasteiger partial charge in [0.15, 0.2) is 5.16 Å². The number of aromatic nitrogens is 2. The quantitative estimate of drug-likeness (QED) is 0.534. The van der Waals surface area contributed by atoms with Crippen molar-refractivity contribution in [3.63, 3.8) is 0 Å². The molecule has 0 aliphatic carbocycles. The molecule has 0 radical (unpaired) electrons. The maximum absolute atomic E-state index is 12.4. The number of hydrogen-bond acceptors (Lipinski definition) is 4. The lowest BCUT2D eigenvalue weighted by Crippen LogP contribution is -2.20. The molecule has 0 aliphatic heterocycles. The van der Waals surface area contributed by atoms with Crippen molar-refractivity contribution < 1.29 is 4.79 Å². The van der Waals surface area contributed by atoms with Crippen LogP contribution in [0.15, 0.2) is 40.3 Å². The van der Waals surface area contributed by atoms with Gasteiger partial charge in [0.1, 0.15) is 5.69 Å². The summed E-state index contributed by atoms with van der Waals surface area (Å²) in [6.45, 7) is 5.62. The summed E-state index contributed by atoms with van der Waals surface area (Å²) < 4.78 is 0. The van der Waals surface area contributed by atoms with Gasteiger partial charge in [-0.2, -0.15) is 0 Å². The predicted molar refractivity (Wildman–Crippen MR) is 80.5 cm³/mol. The van der Waals surface area contributed by atoms with E-state index in [1.807, 2.05) is 19.9 Å². The molecular formula is C15H16N2O2S. The number of carbonyl (C=O) groups excluding carboxylic acids is 1. The molecule has 0 unspecified atom stereocenters. The van der Waals surface area contributed by atoms with Crippen LogP contribution >= 0.6 is 11.8 Å². The molecule has 0 fully saturated rings. The van der Waals surface area contributed by atoms with Crippen molar-refractivity contribution in [1.82, 2.24) is 9.97 Å². The predicted octanol–water partition coefficient (Wildman–Crippen LogP) is 2.81. The van der Waals surface area contributed by atoms with Crippen molar-refractivity contribution >= 4 is 17.5 Å². The van der Waals surface area contributed by atoms with Crippen molar-refractivity contribution in [1.29, 1.82) is 0 Å². The Bertz CT molecular complexity index is 678. The summed E-state index contributed by atoms with van der Waals surface area (Å²) in [6.07, 6.45) is 0. The minimum absolute atomic E-state index is 0.222. The summed E-state index contributed by atoms with van der Waals surface area (Å²) in [4.78, 5) is 31.4.